The number of nitrogens with one attached hydrogen (secondary N) is 1. The van der Waals surface area contributed by atoms with Crippen molar-refractivity contribution in [2.45, 2.75) is 6.54 Å². The average Bonchev–Trinajstić information content (AvgIpc) is 2.85. The average molecular weight is 277 g/mol. The highest BCUT2D eigenvalue weighted by Gasteiger charge is 2.07. The molecule has 0 atom stereocenters. The van der Waals surface area contributed by atoms with Gasteiger partial charge in [0, 0.05) is 18.9 Å². The van der Waals surface area contributed by atoms with Gasteiger partial charge in [0.25, 0.3) is 0 Å². The lowest BCUT2D eigenvalue weighted by Gasteiger charge is -2.06. The van der Waals surface area contributed by atoms with Crippen LogP contribution in [0.5, 0.6) is 0 Å². The number of halogens is 1. The predicted octanol–water partition coefficient (Wildman–Crippen LogP) is 3.35. The minimum Gasteiger partial charge on any atom is -0.365 e. The second kappa shape index (κ2) is 4.88. The highest BCUT2D eigenvalue weighted by molar-refractivity contribution is 7.16. The summed E-state index contributed by atoms with van der Waals surface area (Å²) in [6.07, 6.45) is 3.57. The Kier molecular flexibility index (Phi) is 3.08. The van der Waals surface area contributed by atoms with Gasteiger partial charge in [-0.1, -0.05) is 6.07 Å². The van der Waals surface area contributed by atoms with Crippen LogP contribution in [0.3, 0.4) is 0 Å². The van der Waals surface area contributed by atoms with Gasteiger partial charge in [-0.05, 0) is 34.7 Å². The van der Waals surface area contributed by atoms with E-state index in [0.717, 1.165) is 21.6 Å². The van der Waals surface area contributed by atoms with Crippen LogP contribution in [0.2, 0.25) is 5.28 Å². The molecule has 0 fully saturated rings. The molecule has 0 aromatic carbocycles. The first kappa shape index (κ1) is 11.4. The number of nitrogens with zero attached hydrogens (tertiary/aromatic N) is 3. The maximum absolute atomic E-state index is 5.89. The second-order valence-electron chi connectivity index (χ2n) is 3.70. The summed E-state index contributed by atoms with van der Waals surface area (Å²) in [6.45, 7) is 0.659. The number of fused-ring (bicyclic) bond motifs is 1. The van der Waals surface area contributed by atoms with Gasteiger partial charge in [0.05, 0.1) is 5.39 Å². The summed E-state index contributed by atoms with van der Waals surface area (Å²) in [5, 5.41) is 6.50. The van der Waals surface area contributed by atoms with Gasteiger partial charge in [0.2, 0.25) is 5.28 Å². The summed E-state index contributed by atoms with van der Waals surface area (Å²) in [7, 11) is 0. The number of aromatic nitrogens is 3. The van der Waals surface area contributed by atoms with Crippen LogP contribution in [0.25, 0.3) is 10.2 Å². The third-order valence-corrected chi connectivity index (χ3v) is 3.46. The van der Waals surface area contributed by atoms with Crippen LogP contribution >= 0.6 is 22.9 Å². The molecule has 3 aromatic heterocycles. The minimum absolute atomic E-state index is 0.263. The molecule has 0 radical (unpaired) electrons. The Balaban J connectivity index is 1.88. The zero-order valence-electron chi connectivity index (χ0n) is 9.30. The lowest BCUT2D eigenvalue weighted by atomic mass is 10.3. The molecule has 6 heteroatoms. The van der Waals surface area contributed by atoms with Crippen LogP contribution in [-0.4, -0.2) is 15.0 Å². The third kappa shape index (κ3) is 2.27. The molecule has 0 saturated carbocycles. The van der Waals surface area contributed by atoms with Crippen molar-refractivity contribution in [2.75, 3.05) is 5.32 Å². The maximum Gasteiger partial charge on any atom is 0.225 e. The summed E-state index contributed by atoms with van der Waals surface area (Å²) >= 11 is 7.44. The number of rotatable bonds is 3. The van der Waals surface area contributed by atoms with Crippen LogP contribution in [0.15, 0.2) is 36.0 Å². The Labute approximate surface area is 113 Å². The highest BCUT2D eigenvalue weighted by Crippen LogP contribution is 2.26. The fraction of sp³-hybridized carbons (Fsp3) is 0.0833. The molecule has 0 spiro atoms. The molecule has 0 unspecified atom stereocenters. The Morgan fingerprint density at radius 3 is 3.06 bits per heavy atom. The van der Waals surface area contributed by atoms with Crippen molar-refractivity contribution < 1.29 is 0 Å². The number of anilines is 1. The zero-order chi connectivity index (χ0) is 12.4. The quantitative estimate of drug-likeness (QED) is 0.746. The fourth-order valence-corrected chi connectivity index (χ4v) is 2.64. The smallest absolute Gasteiger partial charge is 0.225 e. The molecular weight excluding hydrogens is 268 g/mol. The Morgan fingerprint density at radius 2 is 2.22 bits per heavy atom. The normalized spacial score (nSPS) is 10.7. The summed E-state index contributed by atoms with van der Waals surface area (Å²) < 4.78 is 0. The van der Waals surface area contributed by atoms with Crippen molar-refractivity contribution in [1.82, 2.24) is 15.0 Å². The van der Waals surface area contributed by atoms with E-state index >= 15 is 0 Å². The molecule has 1 N–H and O–H groups in total. The van der Waals surface area contributed by atoms with Gasteiger partial charge >= 0.3 is 0 Å². The van der Waals surface area contributed by atoms with E-state index in [-0.39, 0.29) is 5.28 Å². The molecule has 3 heterocycles. The number of hydrogen-bond acceptors (Lipinski definition) is 5. The fourth-order valence-electron chi connectivity index (χ4n) is 1.65. The molecule has 0 amide bonds. The second-order valence-corrected chi connectivity index (χ2v) is 4.93. The standard InChI is InChI=1S/C12H9ClN4S/c13-12-16-10(9-3-5-18-11(9)17-12)15-7-8-2-1-4-14-6-8/h1-6H,7H2,(H,15,16,17). The van der Waals surface area contributed by atoms with Gasteiger partial charge in [0.1, 0.15) is 10.6 Å². The largest absolute Gasteiger partial charge is 0.365 e. The molecule has 0 bridgehead atoms. The molecule has 0 aliphatic rings. The summed E-state index contributed by atoms with van der Waals surface area (Å²) in [5.74, 6) is 0.759. The topological polar surface area (TPSA) is 50.7 Å². The molecular formula is C12H9ClN4S. The molecule has 3 rings (SSSR count). The molecule has 90 valence electrons. The van der Waals surface area contributed by atoms with Crippen molar-refractivity contribution in [1.29, 1.82) is 0 Å². The third-order valence-electron chi connectivity index (χ3n) is 2.48. The van der Waals surface area contributed by atoms with Crippen LogP contribution < -0.4 is 5.32 Å². The Hall–Kier alpha value is -1.72. The van der Waals surface area contributed by atoms with Gasteiger partial charge in [-0.3, -0.25) is 4.98 Å². The predicted molar refractivity (Wildman–Crippen MR) is 74.0 cm³/mol. The van der Waals surface area contributed by atoms with Gasteiger partial charge in [-0.2, -0.15) is 0 Å². The summed E-state index contributed by atoms with van der Waals surface area (Å²) in [6, 6.07) is 5.90. The zero-order valence-corrected chi connectivity index (χ0v) is 10.9. The molecule has 0 aliphatic carbocycles. The van der Waals surface area contributed by atoms with E-state index in [1.54, 1.807) is 17.5 Å². The molecule has 0 aliphatic heterocycles. The van der Waals surface area contributed by atoms with Crippen molar-refractivity contribution in [2.24, 2.45) is 0 Å². The first-order valence-electron chi connectivity index (χ1n) is 5.36. The van der Waals surface area contributed by atoms with Crippen LogP contribution in [0.1, 0.15) is 5.56 Å². The monoisotopic (exact) mass is 276 g/mol. The number of thiophene rings is 1. The number of pyridine rings is 1. The van der Waals surface area contributed by atoms with Gasteiger partial charge in [-0.15, -0.1) is 11.3 Å². The Morgan fingerprint density at radius 1 is 1.28 bits per heavy atom. The minimum atomic E-state index is 0.263. The van der Waals surface area contributed by atoms with E-state index in [2.05, 4.69) is 20.3 Å². The first-order chi connectivity index (χ1) is 8.83. The first-order valence-corrected chi connectivity index (χ1v) is 6.62. The molecule has 4 nitrogen and oxygen atoms in total. The highest BCUT2D eigenvalue weighted by atomic mass is 35.5. The van der Waals surface area contributed by atoms with E-state index in [1.165, 1.54) is 0 Å². The SMILES string of the molecule is Clc1nc(NCc2cccnc2)c2ccsc2n1. The lowest BCUT2D eigenvalue weighted by molar-refractivity contribution is 1.08. The molecule has 18 heavy (non-hydrogen) atoms. The summed E-state index contributed by atoms with van der Waals surface area (Å²) in [4.78, 5) is 13.4. The van der Waals surface area contributed by atoms with Crippen molar-refractivity contribution in [3.8, 4) is 0 Å². The van der Waals surface area contributed by atoms with Gasteiger partial charge < -0.3 is 5.32 Å². The summed E-state index contributed by atoms with van der Waals surface area (Å²) in [5.41, 5.74) is 1.09. The van der Waals surface area contributed by atoms with E-state index < -0.39 is 0 Å². The van der Waals surface area contributed by atoms with Gasteiger partial charge in [0.15, 0.2) is 0 Å². The lowest BCUT2D eigenvalue weighted by Crippen LogP contribution is -2.02. The van der Waals surface area contributed by atoms with Crippen molar-refractivity contribution in [3.05, 3.63) is 46.8 Å². The molecule has 3 aromatic rings. The van der Waals surface area contributed by atoms with E-state index in [4.69, 9.17) is 11.6 Å². The van der Waals surface area contributed by atoms with E-state index in [9.17, 15) is 0 Å². The number of hydrogen-bond donors (Lipinski definition) is 1. The van der Waals surface area contributed by atoms with E-state index in [1.807, 2.05) is 29.8 Å². The van der Waals surface area contributed by atoms with Crippen molar-refractivity contribution in [3.63, 3.8) is 0 Å². The van der Waals surface area contributed by atoms with Crippen LogP contribution in [0.4, 0.5) is 5.82 Å². The van der Waals surface area contributed by atoms with Gasteiger partial charge in [-0.25, -0.2) is 9.97 Å². The Bertz CT molecular complexity index is 668. The van der Waals surface area contributed by atoms with E-state index in [0.29, 0.717) is 6.54 Å². The molecule has 0 saturated heterocycles. The van der Waals surface area contributed by atoms with Crippen LogP contribution in [0, 0.1) is 0 Å². The maximum atomic E-state index is 5.89. The van der Waals surface area contributed by atoms with Crippen LogP contribution in [-0.2, 0) is 6.54 Å². The van der Waals surface area contributed by atoms with Crippen molar-refractivity contribution >= 4 is 39.0 Å².